The predicted octanol–water partition coefficient (Wildman–Crippen LogP) is 4.60. The number of carbonyl (C=O) groups excluding carboxylic acids is 2. The van der Waals surface area contributed by atoms with Crippen LogP contribution in [0.3, 0.4) is 0 Å². The van der Waals surface area contributed by atoms with Crippen molar-refractivity contribution >= 4 is 23.5 Å². The molecule has 0 aliphatic heterocycles. The van der Waals surface area contributed by atoms with E-state index >= 15 is 0 Å². The van der Waals surface area contributed by atoms with Crippen molar-refractivity contribution in [3.63, 3.8) is 0 Å². The van der Waals surface area contributed by atoms with E-state index < -0.39 is 6.04 Å². The van der Waals surface area contributed by atoms with E-state index in [0.29, 0.717) is 30.0 Å². The van der Waals surface area contributed by atoms with Crippen LogP contribution in [0.25, 0.3) is 0 Å². The largest absolute Gasteiger partial charge is 0.484 e. The molecule has 1 aliphatic rings. The number of nitrogens with zero attached hydrogens (tertiary/aromatic N) is 2. The van der Waals surface area contributed by atoms with E-state index in [1.165, 1.54) is 11.8 Å². The molecule has 9 heteroatoms. The molecule has 1 amide bonds. The number of hydrogen-bond donors (Lipinski definition) is 3. The van der Waals surface area contributed by atoms with E-state index in [1.54, 1.807) is 24.7 Å². The summed E-state index contributed by atoms with van der Waals surface area (Å²) < 4.78 is 8.73. The first-order valence-electron chi connectivity index (χ1n) is 13.7. The Morgan fingerprint density at radius 1 is 1.02 bits per heavy atom. The van der Waals surface area contributed by atoms with Crippen molar-refractivity contribution in [2.45, 2.75) is 48.6 Å². The highest BCUT2D eigenvalue weighted by atomic mass is 32.2. The summed E-state index contributed by atoms with van der Waals surface area (Å²) in [6, 6.07) is 20.3. The zero-order chi connectivity index (χ0) is 28.6. The van der Waals surface area contributed by atoms with Crippen LogP contribution in [-0.4, -0.2) is 50.7 Å². The molecule has 0 saturated heterocycles. The zero-order valence-electron chi connectivity index (χ0n) is 22.6. The van der Waals surface area contributed by atoms with Gasteiger partial charge in [0.1, 0.15) is 11.9 Å². The fraction of sp³-hybridized carbons (Fsp3) is 0.281. The van der Waals surface area contributed by atoms with Crippen molar-refractivity contribution in [1.29, 1.82) is 0 Å². The Bertz CT molecular complexity index is 1470. The second-order valence-corrected chi connectivity index (χ2v) is 11.0. The van der Waals surface area contributed by atoms with Gasteiger partial charge < -0.3 is 24.8 Å². The van der Waals surface area contributed by atoms with Gasteiger partial charge in [-0.05, 0) is 48.2 Å². The van der Waals surface area contributed by atoms with Crippen molar-refractivity contribution in [2.75, 3.05) is 13.2 Å². The van der Waals surface area contributed by atoms with E-state index in [-0.39, 0.29) is 31.0 Å². The summed E-state index contributed by atoms with van der Waals surface area (Å²) in [5.74, 6) is 0.974. The van der Waals surface area contributed by atoms with Gasteiger partial charge in [-0.3, -0.25) is 9.59 Å². The Morgan fingerprint density at radius 3 is 2.56 bits per heavy atom. The maximum absolute atomic E-state index is 13.0. The van der Waals surface area contributed by atoms with Crippen molar-refractivity contribution in [2.24, 2.45) is 0 Å². The van der Waals surface area contributed by atoms with Crippen LogP contribution in [0, 0.1) is 0 Å². The summed E-state index contributed by atoms with van der Waals surface area (Å²) in [5, 5.41) is 21.5. The molecule has 41 heavy (non-hydrogen) atoms. The number of aliphatic hydroxyl groups is 2. The zero-order valence-corrected chi connectivity index (χ0v) is 23.4. The van der Waals surface area contributed by atoms with Crippen molar-refractivity contribution in [3.8, 4) is 5.75 Å². The lowest BCUT2D eigenvalue weighted by atomic mass is 9.87. The van der Waals surface area contributed by atoms with E-state index in [0.717, 1.165) is 40.0 Å². The molecule has 1 unspecified atom stereocenters. The monoisotopic (exact) mass is 571 g/mol. The molecule has 4 aromatic rings. The summed E-state index contributed by atoms with van der Waals surface area (Å²) in [5.41, 5.74) is 4.17. The number of ketones is 1. The Labute approximate surface area is 243 Å². The van der Waals surface area contributed by atoms with E-state index in [9.17, 15) is 19.8 Å². The molecule has 0 saturated carbocycles. The minimum atomic E-state index is -0.738. The van der Waals surface area contributed by atoms with Gasteiger partial charge in [0, 0.05) is 40.6 Å². The molecule has 0 spiro atoms. The summed E-state index contributed by atoms with van der Waals surface area (Å²) in [7, 11) is 0. The number of thioether (sulfide) groups is 1. The maximum Gasteiger partial charge on any atom is 0.252 e. The topological polar surface area (TPSA) is 114 Å². The standard InChI is InChI=1S/C32H33N3O5S/c36-18-23(19-37)34-32(39)26-9-4-5-12-31(26)41-20-27-24-10-6-11-28(38)25(24)13-14-29(27)40-30(17-35-16-15-33-21-35)22-7-2-1-3-8-22/h1-5,7-9,12-16,21,23,30,36-37H,6,10-11,17-20H2,(H,34,39). The fourth-order valence-corrected chi connectivity index (χ4v) is 6.11. The molecule has 1 aliphatic carbocycles. The Hall–Kier alpha value is -3.92. The molecular weight excluding hydrogens is 538 g/mol. The van der Waals surface area contributed by atoms with Crippen LogP contribution in [0.1, 0.15) is 56.4 Å². The average molecular weight is 572 g/mol. The summed E-state index contributed by atoms with van der Waals surface area (Å²) in [4.78, 5) is 30.7. The molecule has 3 N–H and O–H groups in total. The number of aromatic nitrogens is 2. The van der Waals surface area contributed by atoms with Crippen molar-refractivity contribution in [1.82, 2.24) is 14.9 Å². The Balaban J connectivity index is 1.47. The number of rotatable bonds is 12. The first kappa shape index (κ1) is 28.6. The van der Waals surface area contributed by atoms with E-state index in [1.807, 2.05) is 65.4 Å². The molecule has 0 radical (unpaired) electrons. The molecule has 3 aromatic carbocycles. The molecule has 0 fully saturated rings. The smallest absolute Gasteiger partial charge is 0.252 e. The number of Topliss-reactive ketones (excluding diaryl/α,β-unsaturated/α-hetero) is 1. The molecule has 212 valence electrons. The Kier molecular flexibility index (Phi) is 9.51. The van der Waals surface area contributed by atoms with Gasteiger partial charge in [0.2, 0.25) is 0 Å². The van der Waals surface area contributed by atoms with Crippen LogP contribution < -0.4 is 10.1 Å². The van der Waals surface area contributed by atoms with Crippen LogP contribution in [0.2, 0.25) is 0 Å². The average Bonchev–Trinajstić information content (AvgIpc) is 3.53. The molecule has 0 bridgehead atoms. The second kappa shape index (κ2) is 13.6. The minimum Gasteiger partial charge on any atom is -0.484 e. The summed E-state index contributed by atoms with van der Waals surface area (Å²) in [6.07, 6.45) is 7.22. The fourth-order valence-electron chi connectivity index (χ4n) is 5.01. The lowest BCUT2D eigenvalue weighted by molar-refractivity contribution is 0.0876. The van der Waals surface area contributed by atoms with Gasteiger partial charge in [0.25, 0.3) is 5.91 Å². The van der Waals surface area contributed by atoms with Gasteiger partial charge in [0.05, 0.1) is 37.7 Å². The Morgan fingerprint density at radius 2 is 1.80 bits per heavy atom. The highest BCUT2D eigenvalue weighted by molar-refractivity contribution is 7.98. The molecule has 5 rings (SSSR count). The van der Waals surface area contributed by atoms with Crippen LogP contribution >= 0.6 is 11.8 Å². The lowest BCUT2D eigenvalue weighted by Crippen LogP contribution is -2.40. The van der Waals surface area contributed by atoms with Gasteiger partial charge in [0.15, 0.2) is 5.78 Å². The predicted molar refractivity (Wildman–Crippen MR) is 157 cm³/mol. The van der Waals surface area contributed by atoms with Crippen LogP contribution in [0.15, 0.2) is 90.3 Å². The number of amides is 1. The number of imidazole rings is 1. The first-order chi connectivity index (χ1) is 20.1. The van der Waals surface area contributed by atoms with Crippen LogP contribution in [0.4, 0.5) is 0 Å². The molecule has 1 aromatic heterocycles. The number of hydrogen-bond acceptors (Lipinski definition) is 7. The summed E-state index contributed by atoms with van der Waals surface area (Å²) >= 11 is 1.49. The van der Waals surface area contributed by atoms with Gasteiger partial charge in [-0.25, -0.2) is 4.98 Å². The quantitative estimate of drug-likeness (QED) is 0.213. The summed E-state index contributed by atoms with van der Waals surface area (Å²) in [6.45, 7) is -0.152. The maximum atomic E-state index is 13.0. The van der Waals surface area contributed by atoms with Gasteiger partial charge in [-0.2, -0.15) is 0 Å². The van der Waals surface area contributed by atoms with Gasteiger partial charge >= 0.3 is 0 Å². The van der Waals surface area contributed by atoms with Gasteiger partial charge in [-0.1, -0.05) is 42.5 Å². The lowest BCUT2D eigenvalue weighted by Gasteiger charge is -2.26. The number of nitrogens with one attached hydrogen (secondary N) is 1. The molecular formula is C32H33N3O5S. The van der Waals surface area contributed by atoms with Crippen LogP contribution in [-0.2, 0) is 18.7 Å². The third-order valence-corrected chi connectivity index (χ3v) is 8.28. The number of benzene rings is 3. The molecule has 1 atom stereocenters. The molecule has 8 nitrogen and oxygen atoms in total. The third-order valence-electron chi connectivity index (χ3n) is 7.18. The normalized spacial score (nSPS) is 13.6. The highest BCUT2D eigenvalue weighted by Gasteiger charge is 2.25. The van der Waals surface area contributed by atoms with Crippen molar-refractivity contribution < 1.29 is 24.5 Å². The number of aliphatic hydroxyl groups excluding tert-OH is 2. The molecule has 1 heterocycles. The SMILES string of the molecule is O=C(NC(CO)CO)c1ccccc1SCc1c(OC(Cn2ccnc2)c2ccccc2)ccc2c1CCCC2=O. The number of carbonyl (C=O) groups is 2. The number of fused-ring (bicyclic) bond motifs is 1. The second-order valence-electron chi connectivity index (χ2n) is 9.94. The number of ether oxygens (including phenoxy) is 1. The minimum absolute atomic E-state index is 0.140. The third kappa shape index (κ3) is 6.87. The van der Waals surface area contributed by atoms with Crippen LogP contribution in [0.5, 0.6) is 5.75 Å². The van der Waals surface area contributed by atoms with Gasteiger partial charge in [-0.15, -0.1) is 11.8 Å². The first-order valence-corrected chi connectivity index (χ1v) is 14.7. The highest BCUT2D eigenvalue weighted by Crippen LogP contribution is 2.38. The van der Waals surface area contributed by atoms with Crippen molar-refractivity contribution in [3.05, 3.63) is 113 Å². The van der Waals surface area contributed by atoms with E-state index in [4.69, 9.17) is 4.74 Å². The van der Waals surface area contributed by atoms with E-state index in [2.05, 4.69) is 10.3 Å².